The van der Waals surface area contributed by atoms with E-state index in [4.69, 9.17) is 4.74 Å². The molecule has 0 saturated heterocycles. The number of nitrogens with zero attached hydrogens (tertiary/aromatic N) is 1. The number of carbonyl (C=O) groups excluding carboxylic acids is 3. The lowest BCUT2D eigenvalue weighted by atomic mass is 9.85. The molecule has 0 unspecified atom stereocenters. The van der Waals surface area contributed by atoms with E-state index in [0.717, 1.165) is 64.2 Å². The molecule has 0 aliphatic carbocycles. The van der Waals surface area contributed by atoms with Gasteiger partial charge in [-0.25, -0.2) is 0 Å². The van der Waals surface area contributed by atoms with Gasteiger partial charge in [-0.3, -0.25) is 14.4 Å². The van der Waals surface area contributed by atoms with Crippen molar-refractivity contribution in [2.45, 2.75) is 104 Å². The molecule has 194 valence electrons. The van der Waals surface area contributed by atoms with Crippen molar-refractivity contribution < 1.29 is 19.1 Å². The van der Waals surface area contributed by atoms with Crippen molar-refractivity contribution in [2.75, 3.05) is 34.7 Å². The summed E-state index contributed by atoms with van der Waals surface area (Å²) < 4.78 is 5.81. The molecule has 0 aromatic heterocycles. The second-order valence-corrected chi connectivity index (χ2v) is 10.8. The van der Waals surface area contributed by atoms with Gasteiger partial charge in [0, 0.05) is 31.5 Å². The summed E-state index contributed by atoms with van der Waals surface area (Å²) in [5, 5.41) is 5.47. The molecule has 0 atom stereocenters. The number of esters is 1. The van der Waals surface area contributed by atoms with Crippen LogP contribution < -0.4 is 10.6 Å². The van der Waals surface area contributed by atoms with Crippen molar-refractivity contribution in [1.29, 1.82) is 0 Å². The minimum Gasteiger partial charge on any atom is -0.462 e. The Bertz CT molecular complexity index is 550. The third-order valence-electron chi connectivity index (χ3n) is 6.40. The lowest BCUT2D eigenvalue weighted by molar-refractivity contribution is -0.150. The van der Waals surface area contributed by atoms with Crippen LogP contribution in [-0.4, -0.2) is 63.5 Å². The molecule has 0 radical (unpaired) electrons. The Hall–Kier alpha value is -1.63. The van der Waals surface area contributed by atoms with E-state index in [1.807, 2.05) is 46.7 Å². The van der Waals surface area contributed by atoms with Crippen molar-refractivity contribution in [1.82, 2.24) is 15.5 Å². The summed E-state index contributed by atoms with van der Waals surface area (Å²) in [4.78, 5) is 38.1. The minimum absolute atomic E-state index is 0.0569. The van der Waals surface area contributed by atoms with Crippen molar-refractivity contribution in [3.8, 4) is 0 Å². The molecular formula is C26H51N3O4. The predicted octanol–water partition coefficient (Wildman–Crippen LogP) is 4.30. The number of hydrogen-bond donors (Lipinski definition) is 2. The SMILES string of the molecule is CNC(=O)C(C)(C)CCCCCC(CCCCCC(C)(C)C(=O)NC)OC(=O)CCN(C)C. The topological polar surface area (TPSA) is 87.7 Å². The summed E-state index contributed by atoms with van der Waals surface area (Å²) in [5.41, 5.74) is -0.704. The molecule has 0 aliphatic rings. The lowest BCUT2D eigenvalue weighted by Crippen LogP contribution is -2.34. The first kappa shape index (κ1) is 31.4. The van der Waals surface area contributed by atoms with E-state index in [-0.39, 0.29) is 34.7 Å². The number of nitrogens with one attached hydrogen (secondary N) is 2. The monoisotopic (exact) mass is 469 g/mol. The van der Waals surface area contributed by atoms with Crippen molar-refractivity contribution in [3.05, 3.63) is 0 Å². The summed E-state index contributed by atoms with van der Waals surface area (Å²) in [5.74, 6) is 0.0276. The summed E-state index contributed by atoms with van der Waals surface area (Å²) in [6.07, 6.45) is 9.74. The molecule has 2 amide bonds. The molecule has 0 aromatic carbocycles. The lowest BCUT2D eigenvalue weighted by Gasteiger charge is -2.23. The van der Waals surface area contributed by atoms with Crippen molar-refractivity contribution in [2.24, 2.45) is 10.8 Å². The van der Waals surface area contributed by atoms with Crippen LogP contribution in [0.1, 0.15) is 98.3 Å². The summed E-state index contributed by atoms with van der Waals surface area (Å²) in [6.45, 7) is 8.60. The molecule has 2 N–H and O–H groups in total. The normalized spacial score (nSPS) is 12.2. The molecule has 0 bridgehead atoms. The van der Waals surface area contributed by atoms with Crippen molar-refractivity contribution in [3.63, 3.8) is 0 Å². The van der Waals surface area contributed by atoms with E-state index in [9.17, 15) is 14.4 Å². The smallest absolute Gasteiger partial charge is 0.307 e. The van der Waals surface area contributed by atoms with Gasteiger partial charge in [-0.1, -0.05) is 53.4 Å². The molecular weight excluding hydrogens is 418 g/mol. The van der Waals surface area contributed by atoms with Crippen LogP contribution in [-0.2, 0) is 19.1 Å². The molecule has 7 heteroatoms. The van der Waals surface area contributed by atoms with Crippen LogP contribution in [0.5, 0.6) is 0 Å². The Morgan fingerprint density at radius 1 is 0.758 bits per heavy atom. The highest BCUT2D eigenvalue weighted by Crippen LogP contribution is 2.26. The van der Waals surface area contributed by atoms with Crippen LogP contribution in [0.15, 0.2) is 0 Å². The third kappa shape index (κ3) is 14.3. The van der Waals surface area contributed by atoms with Crippen LogP contribution in [0.3, 0.4) is 0 Å². The molecule has 0 aromatic rings. The fourth-order valence-electron chi connectivity index (χ4n) is 3.96. The van der Waals surface area contributed by atoms with Gasteiger partial charge in [0.1, 0.15) is 6.10 Å². The predicted molar refractivity (Wildman–Crippen MR) is 135 cm³/mol. The number of rotatable bonds is 18. The van der Waals surface area contributed by atoms with Crippen LogP contribution in [0.25, 0.3) is 0 Å². The van der Waals surface area contributed by atoms with Crippen molar-refractivity contribution >= 4 is 17.8 Å². The van der Waals surface area contributed by atoms with Crippen LogP contribution in [0, 0.1) is 10.8 Å². The Morgan fingerprint density at radius 3 is 1.55 bits per heavy atom. The molecule has 0 fully saturated rings. The number of amides is 2. The van der Waals surface area contributed by atoms with Gasteiger partial charge in [0.15, 0.2) is 0 Å². The Kier molecular flexibility index (Phi) is 15.3. The van der Waals surface area contributed by atoms with E-state index >= 15 is 0 Å². The maximum absolute atomic E-state index is 12.3. The first-order chi connectivity index (χ1) is 15.4. The first-order valence-corrected chi connectivity index (χ1v) is 12.6. The van der Waals surface area contributed by atoms with Gasteiger partial charge in [0.2, 0.25) is 11.8 Å². The van der Waals surface area contributed by atoms with Crippen LogP contribution >= 0.6 is 0 Å². The van der Waals surface area contributed by atoms with Gasteiger partial charge in [-0.05, 0) is 52.6 Å². The van der Waals surface area contributed by atoms with E-state index in [1.54, 1.807) is 14.1 Å². The van der Waals surface area contributed by atoms with Gasteiger partial charge in [0.25, 0.3) is 0 Å². The number of ether oxygens (including phenoxy) is 1. The zero-order valence-electron chi connectivity index (χ0n) is 22.6. The van der Waals surface area contributed by atoms with Gasteiger partial charge in [-0.2, -0.15) is 0 Å². The van der Waals surface area contributed by atoms with Gasteiger partial charge in [0.05, 0.1) is 6.42 Å². The van der Waals surface area contributed by atoms with Gasteiger partial charge in [-0.15, -0.1) is 0 Å². The Morgan fingerprint density at radius 2 is 1.18 bits per heavy atom. The highest BCUT2D eigenvalue weighted by molar-refractivity contribution is 5.81. The number of carbonyl (C=O) groups is 3. The highest BCUT2D eigenvalue weighted by atomic mass is 16.5. The molecule has 0 aliphatic heterocycles. The second kappa shape index (κ2) is 16.1. The first-order valence-electron chi connectivity index (χ1n) is 12.6. The fourth-order valence-corrected chi connectivity index (χ4v) is 3.96. The summed E-state index contributed by atoms with van der Waals surface area (Å²) in [7, 11) is 7.26. The Balaban J connectivity index is 4.50. The number of hydrogen-bond acceptors (Lipinski definition) is 5. The quantitative estimate of drug-likeness (QED) is 0.231. The average Bonchev–Trinajstić information content (AvgIpc) is 2.75. The van der Waals surface area contributed by atoms with Crippen LogP contribution in [0.4, 0.5) is 0 Å². The molecule has 0 spiro atoms. The van der Waals surface area contributed by atoms with E-state index in [0.29, 0.717) is 13.0 Å². The molecule has 0 rings (SSSR count). The molecule has 33 heavy (non-hydrogen) atoms. The maximum atomic E-state index is 12.3. The highest BCUT2D eigenvalue weighted by Gasteiger charge is 2.26. The third-order valence-corrected chi connectivity index (χ3v) is 6.40. The van der Waals surface area contributed by atoms with Crippen LogP contribution in [0.2, 0.25) is 0 Å². The van der Waals surface area contributed by atoms with E-state index in [2.05, 4.69) is 10.6 Å². The summed E-state index contributed by atoms with van der Waals surface area (Å²) in [6, 6.07) is 0. The zero-order chi connectivity index (χ0) is 25.5. The van der Waals surface area contributed by atoms with E-state index < -0.39 is 0 Å². The average molecular weight is 470 g/mol. The largest absolute Gasteiger partial charge is 0.462 e. The molecule has 7 nitrogen and oxygen atoms in total. The molecule has 0 saturated carbocycles. The Labute approximate surface area is 202 Å². The van der Waals surface area contributed by atoms with E-state index in [1.165, 1.54) is 0 Å². The number of unbranched alkanes of at least 4 members (excludes halogenated alkanes) is 4. The second-order valence-electron chi connectivity index (χ2n) is 10.8. The maximum Gasteiger partial charge on any atom is 0.307 e. The standard InChI is InChI=1S/C26H51N3O4/c1-25(2,23(31)27-5)18-13-9-11-15-21(33-22(30)17-20-29(7)8)16-12-10-14-19-26(3,4)24(32)28-6/h21H,9-20H2,1-8H3,(H,27,31)(H,28,32). The van der Waals surface area contributed by atoms with Gasteiger partial charge >= 0.3 is 5.97 Å². The zero-order valence-corrected chi connectivity index (χ0v) is 22.6. The molecule has 0 heterocycles. The minimum atomic E-state index is -0.352. The summed E-state index contributed by atoms with van der Waals surface area (Å²) >= 11 is 0. The van der Waals surface area contributed by atoms with Gasteiger partial charge < -0.3 is 20.3 Å². The fraction of sp³-hybridized carbons (Fsp3) is 0.885.